The van der Waals surface area contributed by atoms with Gasteiger partial charge in [0, 0.05) is 5.52 Å². The number of H-pyrrole nitrogens is 1. The summed E-state index contributed by atoms with van der Waals surface area (Å²) in [7, 11) is 0. The van der Waals surface area contributed by atoms with E-state index >= 15 is 0 Å². The van der Waals surface area contributed by atoms with Crippen molar-refractivity contribution in [1.82, 2.24) is 24.9 Å². The van der Waals surface area contributed by atoms with Crippen molar-refractivity contribution >= 4 is 44.4 Å². The van der Waals surface area contributed by atoms with Gasteiger partial charge in [-0.15, -0.1) is 0 Å². The summed E-state index contributed by atoms with van der Waals surface area (Å²) >= 11 is 0. The number of benzene rings is 1. The number of hydrogen-bond donors (Lipinski definition) is 1. The average Bonchev–Trinajstić information content (AvgIpc) is 3.46. The maximum atomic E-state index is 5.10. The quantitative estimate of drug-likeness (QED) is 0.418. The molecular formula is C31H33N5. The van der Waals surface area contributed by atoms with Gasteiger partial charge in [0.25, 0.3) is 0 Å². The van der Waals surface area contributed by atoms with Gasteiger partial charge in [-0.05, 0) is 97.7 Å². The normalized spacial score (nSPS) is 13.4. The third kappa shape index (κ3) is 4.09. The first-order chi connectivity index (χ1) is 17.4. The molecule has 1 N–H and O–H groups in total. The lowest BCUT2D eigenvalue weighted by molar-refractivity contribution is 1.14. The molecule has 0 atom stereocenters. The lowest BCUT2D eigenvalue weighted by atomic mass is 10.0. The Balaban J connectivity index is 1.94. The minimum Gasteiger partial charge on any atom is -0.354 e. The highest BCUT2D eigenvalue weighted by atomic mass is 14.8. The second-order valence-electron chi connectivity index (χ2n) is 9.38. The molecule has 0 amide bonds. The second-order valence-corrected chi connectivity index (χ2v) is 9.38. The van der Waals surface area contributed by atoms with Gasteiger partial charge in [-0.2, -0.15) is 0 Å². The number of aryl methyl sites for hydroxylation is 2. The van der Waals surface area contributed by atoms with Crippen LogP contribution in [0, 0.1) is 6.92 Å². The van der Waals surface area contributed by atoms with E-state index in [4.69, 9.17) is 19.9 Å². The molecule has 0 fully saturated rings. The number of para-hydroxylation sites is 2. The van der Waals surface area contributed by atoms with Gasteiger partial charge in [0.15, 0.2) is 0 Å². The predicted octanol–water partition coefficient (Wildman–Crippen LogP) is 7.89. The zero-order valence-electron chi connectivity index (χ0n) is 22.0. The van der Waals surface area contributed by atoms with Crippen LogP contribution in [0.4, 0.5) is 0 Å². The summed E-state index contributed by atoms with van der Waals surface area (Å²) in [6.45, 7) is 13.0. The Bertz CT molecular complexity index is 1620. The Labute approximate surface area is 212 Å². The maximum absolute atomic E-state index is 5.10. The fraction of sp³-hybridized carbons (Fsp3) is 0.290. The molecule has 0 saturated carbocycles. The molecule has 2 aliphatic rings. The highest BCUT2D eigenvalue weighted by Crippen LogP contribution is 2.36. The van der Waals surface area contributed by atoms with E-state index in [0.29, 0.717) is 0 Å². The Morgan fingerprint density at radius 3 is 1.86 bits per heavy atom. The molecule has 3 aromatic rings. The molecule has 2 aromatic heterocycles. The molecule has 2 aliphatic heterocycles. The van der Waals surface area contributed by atoms with Crippen LogP contribution in [0.5, 0.6) is 0 Å². The SMILES string of the molecule is CCC1=C(C)c2cnc3ccccc3ncc3[nH]c(cc4nc(cc1n2)C(C)=C4CC)c(CC)c3C. The maximum Gasteiger partial charge on any atom is 0.0887 e. The molecule has 5 nitrogen and oxygen atoms in total. The molecule has 0 radical (unpaired) electrons. The van der Waals surface area contributed by atoms with Crippen molar-refractivity contribution in [3.63, 3.8) is 0 Å². The van der Waals surface area contributed by atoms with Crippen LogP contribution in [0.25, 0.3) is 44.4 Å². The number of aromatic nitrogens is 5. The predicted molar refractivity (Wildman–Crippen MR) is 151 cm³/mol. The fourth-order valence-electron chi connectivity index (χ4n) is 5.25. The lowest BCUT2D eigenvalue weighted by Crippen LogP contribution is -1.84. The van der Waals surface area contributed by atoms with Crippen molar-refractivity contribution in [3.8, 4) is 0 Å². The van der Waals surface area contributed by atoms with Crippen molar-refractivity contribution in [3.05, 3.63) is 82.7 Å². The zero-order valence-corrected chi connectivity index (χ0v) is 22.0. The van der Waals surface area contributed by atoms with Crippen molar-refractivity contribution < 1.29 is 0 Å². The molecule has 0 aliphatic carbocycles. The summed E-state index contributed by atoms with van der Waals surface area (Å²) in [4.78, 5) is 23.3. The van der Waals surface area contributed by atoms with Gasteiger partial charge in [-0.25, -0.2) is 9.97 Å². The summed E-state index contributed by atoms with van der Waals surface area (Å²) in [5, 5.41) is 0. The van der Waals surface area contributed by atoms with Crippen LogP contribution in [-0.4, -0.2) is 24.9 Å². The van der Waals surface area contributed by atoms with Crippen LogP contribution in [-0.2, 0) is 6.42 Å². The van der Waals surface area contributed by atoms with Crippen molar-refractivity contribution in [2.45, 2.75) is 60.8 Å². The topological polar surface area (TPSA) is 67.3 Å². The number of allylic oxidation sites excluding steroid dienone is 4. The van der Waals surface area contributed by atoms with Gasteiger partial charge in [-0.3, -0.25) is 9.97 Å². The van der Waals surface area contributed by atoms with E-state index in [2.05, 4.69) is 58.7 Å². The number of rotatable bonds is 3. The van der Waals surface area contributed by atoms with Crippen LogP contribution < -0.4 is 0 Å². The van der Waals surface area contributed by atoms with Crippen molar-refractivity contribution in [2.75, 3.05) is 0 Å². The molecule has 6 bridgehead atoms. The number of nitrogens with zero attached hydrogens (tertiary/aromatic N) is 4. The summed E-state index contributed by atoms with van der Waals surface area (Å²) in [5.41, 5.74) is 15.1. The van der Waals surface area contributed by atoms with Crippen LogP contribution in [0.2, 0.25) is 0 Å². The molecule has 36 heavy (non-hydrogen) atoms. The molecule has 4 heterocycles. The minimum atomic E-state index is 0.820. The number of hydrogen-bond acceptors (Lipinski definition) is 4. The molecule has 182 valence electrons. The Morgan fingerprint density at radius 1 is 0.639 bits per heavy atom. The lowest BCUT2D eigenvalue weighted by Gasteiger charge is -2.01. The van der Waals surface area contributed by atoms with Crippen molar-refractivity contribution in [2.24, 2.45) is 0 Å². The largest absolute Gasteiger partial charge is 0.354 e. The molecule has 0 saturated heterocycles. The van der Waals surface area contributed by atoms with Crippen molar-refractivity contribution in [1.29, 1.82) is 0 Å². The summed E-state index contributed by atoms with van der Waals surface area (Å²) in [6, 6.07) is 12.3. The summed E-state index contributed by atoms with van der Waals surface area (Å²) < 4.78 is 0. The zero-order chi connectivity index (χ0) is 25.4. The summed E-state index contributed by atoms with van der Waals surface area (Å²) in [5.74, 6) is 0. The van der Waals surface area contributed by atoms with E-state index < -0.39 is 0 Å². The van der Waals surface area contributed by atoms with Gasteiger partial charge in [0.2, 0.25) is 0 Å². The molecular weight excluding hydrogens is 442 g/mol. The minimum absolute atomic E-state index is 0.820. The molecule has 0 spiro atoms. The monoisotopic (exact) mass is 475 g/mol. The molecule has 5 heteroatoms. The first-order valence-corrected chi connectivity index (χ1v) is 12.8. The van der Waals surface area contributed by atoms with Crippen LogP contribution >= 0.6 is 0 Å². The first kappa shape index (κ1) is 23.9. The first-order valence-electron chi connectivity index (χ1n) is 12.8. The third-order valence-corrected chi connectivity index (χ3v) is 7.38. The number of fused-ring (bicyclic) bond motifs is 7. The van der Waals surface area contributed by atoms with Crippen LogP contribution in [0.3, 0.4) is 0 Å². The Morgan fingerprint density at radius 2 is 1.22 bits per heavy atom. The van der Waals surface area contributed by atoms with E-state index in [9.17, 15) is 0 Å². The number of nitrogens with one attached hydrogen (secondary N) is 1. The Hall–Kier alpha value is -3.86. The average molecular weight is 476 g/mol. The van der Waals surface area contributed by atoms with Crippen LogP contribution in [0.15, 0.2) is 48.8 Å². The smallest absolute Gasteiger partial charge is 0.0887 e. The third-order valence-electron chi connectivity index (χ3n) is 7.38. The Kier molecular flexibility index (Phi) is 6.40. The van der Waals surface area contributed by atoms with Gasteiger partial charge in [0.1, 0.15) is 0 Å². The van der Waals surface area contributed by atoms with Gasteiger partial charge < -0.3 is 4.98 Å². The van der Waals surface area contributed by atoms with Gasteiger partial charge >= 0.3 is 0 Å². The second kappa shape index (κ2) is 9.65. The standard InChI is InChI=1S/C31H33N5/c1-7-21-18(4)26-14-27-22(8-2)19(5)30(35-27)16-32-24-12-10-11-13-25(24)33-17-31-20(6)23(9-3)29(36-31)15-28(21)34-26/h10-17,36H,7-9H2,1-6H3. The van der Waals surface area contributed by atoms with Crippen LogP contribution in [0.1, 0.15) is 81.4 Å². The molecule has 0 unspecified atom stereocenters. The highest BCUT2D eigenvalue weighted by molar-refractivity contribution is 5.94. The van der Waals surface area contributed by atoms with E-state index in [1.807, 2.05) is 36.7 Å². The summed E-state index contributed by atoms with van der Waals surface area (Å²) in [6.07, 6.45) is 6.55. The molecule has 5 rings (SSSR count). The fourth-order valence-corrected chi connectivity index (χ4v) is 5.25. The van der Waals surface area contributed by atoms with Gasteiger partial charge in [-0.1, -0.05) is 32.9 Å². The van der Waals surface area contributed by atoms with E-state index in [0.717, 1.165) is 64.1 Å². The van der Waals surface area contributed by atoms with E-state index in [1.54, 1.807) is 0 Å². The molecule has 1 aromatic carbocycles. The van der Waals surface area contributed by atoms with Gasteiger partial charge in [0.05, 0.1) is 51.7 Å². The highest BCUT2D eigenvalue weighted by Gasteiger charge is 2.19. The number of aromatic amines is 1. The van der Waals surface area contributed by atoms with E-state index in [1.165, 1.54) is 33.4 Å². The van der Waals surface area contributed by atoms with E-state index in [-0.39, 0.29) is 0 Å².